The lowest BCUT2D eigenvalue weighted by Crippen LogP contribution is -2.14. The summed E-state index contributed by atoms with van der Waals surface area (Å²) in [6.07, 6.45) is 3.10. The summed E-state index contributed by atoms with van der Waals surface area (Å²) in [5.41, 5.74) is 0.165. The molecule has 1 N–H and O–H groups in total. The number of rotatable bonds is 5. The Balaban J connectivity index is 2.41. The SMILES string of the molecule is CC(O)Cn1c([N+](=O)[O-])cnc1/C=C/c1c(F)cccc1Cl. The van der Waals surface area contributed by atoms with Gasteiger partial charge >= 0.3 is 5.82 Å². The molecule has 116 valence electrons. The fourth-order valence-corrected chi connectivity index (χ4v) is 2.16. The Labute approximate surface area is 130 Å². The second kappa shape index (κ2) is 6.67. The van der Waals surface area contributed by atoms with Crippen LogP contribution in [0.4, 0.5) is 10.2 Å². The minimum atomic E-state index is -0.794. The van der Waals surface area contributed by atoms with E-state index in [0.29, 0.717) is 0 Å². The van der Waals surface area contributed by atoms with Crippen molar-refractivity contribution in [3.63, 3.8) is 0 Å². The van der Waals surface area contributed by atoms with E-state index in [2.05, 4.69) is 4.98 Å². The number of nitrogens with zero attached hydrogens (tertiary/aromatic N) is 3. The minimum absolute atomic E-state index is 0.000983. The Kier molecular flexibility index (Phi) is 4.89. The van der Waals surface area contributed by atoms with Crippen LogP contribution in [0.15, 0.2) is 24.4 Å². The summed E-state index contributed by atoms with van der Waals surface area (Å²) < 4.78 is 14.9. The van der Waals surface area contributed by atoms with Crippen molar-refractivity contribution < 1.29 is 14.4 Å². The van der Waals surface area contributed by atoms with Crippen molar-refractivity contribution in [1.29, 1.82) is 0 Å². The lowest BCUT2D eigenvalue weighted by atomic mass is 10.2. The van der Waals surface area contributed by atoms with Gasteiger partial charge in [0, 0.05) is 11.6 Å². The largest absolute Gasteiger partial charge is 0.389 e. The molecule has 0 amide bonds. The van der Waals surface area contributed by atoms with Gasteiger partial charge in [-0.25, -0.2) is 13.9 Å². The molecule has 6 nitrogen and oxygen atoms in total. The molecule has 0 bridgehead atoms. The van der Waals surface area contributed by atoms with Gasteiger partial charge in [0.15, 0.2) is 0 Å². The molecule has 0 fully saturated rings. The van der Waals surface area contributed by atoms with Crippen LogP contribution in [0, 0.1) is 15.9 Å². The van der Waals surface area contributed by atoms with Crippen LogP contribution in [0.2, 0.25) is 5.02 Å². The molecule has 1 aromatic carbocycles. The van der Waals surface area contributed by atoms with Crippen LogP contribution in [0.25, 0.3) is 12.2 Å². The molecule has 1 atom stereocenters. The van der Waals surface area contributed by atoms with Crippen molar-refractivity contribution in [1.82, 2.24) is 9.55 Å². The Morgan fingerprint density at radius 1 is 1.55 bits per heavy atom. The molecule has 0 aliphatic rings. The van der Waals surface area contributed by atoms with E-state index < -0.39 is 16.8 Å². The number of hydrogen-bond donors (Lipinski definition) is 1. The highest BCUT2D eigenvalue weighted by atomic mass is 35.5. The van der Waals surface area contributed by atoms with Crippen LogP contribution in [-0.4, -0.2) is 25.7 Å². The third-order valence-corrected chi connectivity index (χ3v) is 3.23. The van der Waals surface area contributed by atoms with E-state index in [4.69, 9.17) is 11.6 Å². The monoisotopic (exact) mass is 325 g/mol. The van der Waals surface area contributed by atoms with Crippen molar-refractivity contribution in [2.75, 3.05) is 0 Å². The standard InChI is InChI=1S/C14H13ClFN3O3/c1-9(20)8-18-13(17-7-14(18)19(21)22)6-5-10-11(15)3-2-4-12(10)16/h2-7,9,20H,8H2,1H3/b6-5+. The molecule has 1 aromatic heterocycles. The van der Waals surface area contributed by atoms with Crippen LogP contribution in [0.5, 0.6) is 0 Å². The predicted octanol–water partition coefficient (Wildman–Crippen LogP) is 3.14. The topological polar surface area (TPSA) is 81.2 Å². The highest BCUT2D eigenvalue weighted by Gasteiger charge is 2.20. The first-order valence-electron chi connectivity index (χ1n) is 6.40. The van der Waals surface area contributed by atoms with E-state index in [9.17, 15) is 19.6 Å². The van der Waals surface area contributed by atoms with Gasteiger partial charge < -0.3 is 15.2 Å². The quantitative estimate of drug-likeness (QED) is 0.676. The van der Waals surface area contributed by atoms with E-state index >= 15 is 0 Å². The molecule has 2 aromatic rings. The van der Waals surface area contributed by atoms with E-state index in [-0.39, 0.29) is 28.8 Å². The molecular weight excluding hydrogens is 313 g/mol. The summed E-state index contributed by atoms with van der Waals surface area (Å²) in [6, 6.07) is 4.28. The zero-order valence-electron chi connectivity index (χ0n) is 11.6. The van der Waals surface area contributed by atoms with E-state index in [1.807, 2.05) is 0 Å². The zero-order valence-corrected chi connectivity index (χ0v) is 12.4. The van der Waals surface area contributed by atoms with E-state index in [0.717, 1.165) is 6.20 Å². The first-order chi connectivity index (χ1) is 10.4. The fourth-order valence-electron chi connectivity index (χ4n) is 1.94. The molecule has 0 spiro atoms. The van der Waals surface area contributed by atoms with Crippen LogP contribution in [0.1, 0.15) is 18.3 Å². The van der Waals surface area contributed by atoms with Gasteiger partial charge in [-0.15, -0.1) is 0 Å². The summed E-state index contributed by atoms with van der Waals surface area (Å²) in [5, 5.41) is 20.6. The summed E-state index contributed by atoms with van der Waals surface area (Å²) in [5.74, 6) is -0.529. The normalized spacial score (nSPS) is 12.7. The molecule has 0 aliphatic heterocycles. The van der Waals surface area contributed by atoms with E-state index in [1.54, 1.807) is 0 Å². The van der Waals surface area contributed by atoms with Gasteiger partial charge in [0.1, 0.15) is 18.6 Å². The molecule has 0 saturated carbocycles. The average molecular weight is 326 g/mol. The smallest absolute Gasteiger partial charge is 0.343 e. The molecule has 1 heterocycles. The number of aromatic nitrogens is 2. The third-order valence-electron chi connectivity index (χ3n) is 2.90. The van der Waals surface area contributed by atoms with Gasteiger partial charge in [0.2, 0.25) is 5.82 Å². The maximum absolute atomic E-state index is 13.7. The maximum atomic E-state index is 13.7. The van der Waals surface area contributed by atoms with Crippen LogP contribution in [0.3, 0.4) is 0 Å². The molecule has 0 radical (unpaired) electrons. The van der Waals surface area contributed by atoms with Crippen molar-refractivity contribution in [2.45, 2.75) is 19.6 Å². The average Bonchev–Trinajstić information content (AvgIpc) is 2.80. The summed E-state index contributed by atoms with van der Waals surface area (Å²) in [4.78, 5) is 14.3. The van der Waals surface area contributed by atoms with Crippen LogP contribution >= 0.6 is 11.6 Å². The minimum Gasteiger partial charge on any atom is -0.389 e. The number of hydrogen-bond acceptors (Lipinski definition) is 4. The lowest BCUT2D eigenvalue weighted by Gasteiger charge is -2.05. The zero-order chi connectivity index (χ0) is 16.3. The fraction of sp³-hybridized carbons (Fsp3) is 0.214. The number of aliphatic hydroxyl groups excluding tert-OH is 1. The highest BCUT2D eigenvalue weighted by molar-refractivity contribution is 6.32. The van der Waals surface area contributed by atoms with Gasteiger partial charge in [-0.2, -0.15) is 0 Å². The van der Waals surface area contributed by atoms with Gasteiger partial charge in [-0.05, 0) is 30.1 Å². The van der Waals surface area contributed by atoms with Gasteiger partial charge in [0.05, 0.1) is 11.1 Å². The summed E-state index contributed by atoms with van der Waals surface area (Å²) in [6.45, 7) is 1.51. The number of halogens is 2. The van der Waals surface area contributed by atoms with Gasteiger partial charge in [-0.1, -0.05) is 17.7 Å². The summed E-state index contributed by atoms with van der Waals surface area (Å²) >= 11 is 5.91. The van der Waals surface area contributed by atoms with Crippen molar-refractivity contribution >= 4 is 29.6 Å². The van der Waals surface area contributed by atoms with Gasteiger partial charge in [0.25, 0.3) is 0 Å². The Bertz CT molecular complexity index is 708. The Morgan fingerprint density at radius 3 is 2.86 bits per heavy atom. The second-order valence-corrected chi connectivity index (χ2v) is 5.07. The highest BCUT2D eigenvalue weighted by Crippen LogP contribution is 2.22. The van der Waals surface area contributed by atoms with Gasteiger partial charge in [-0.3, -0.25) is 0 Å². The van der Waals surface area contributed by atoms with Crippen molar-refractivity contribution in [2.24, 2.45) is 0 Å². The molecule has 8 heteroatoms. The third kappa shape index (κ3) is 3.49. The molecule has 0 aliphatic carbocycles. The molecule has 1 unspecified atom stereocenters. The second-order valence-electron chi connectivity index (χ2n) is 4.66. The Morgan fingerprint density at radius 2 is 2.27 bits per heavy atom. The number of imidazole rings is 1. The first-order valence-corrected chi connectivity index (χ1v) is 6.78. The van der Waals surface area contributed by atoms with Crippen LogP contribution in [-0.2, 0) is 6.54 Å². The molecular formula is C14H13ClFN3O3. The first kappa shape index (κ1) is 16.1. The lowest BCUT2D eigenvalue weighted by molar-refractivity contribution is -0.392. The molecule has 22 heavy (non-hydrogen) atoms. The number of benzene rings is 1. The van der Waals surface area contributed by atoms with Crippen molar-refractivity contribution in [3.05, 3.63) is 56.7 Å². The van der Waals surface area contributed by atoms with Crippen LogP contribution < -0.4 is 0 Å². The van der Waals surface area contributed by atoms with Crippen molar-refractivity contribution in [3.8, 4) is 0 Å². The van der Waals surface area contributed by atoms with E-state index in [1.165, 1.54) is 41.8 Å². The maximum Gasteiger partial charge on any atom is 0.343 e. The Hall–Kier alpha value is -2.25. The molecule has 2 rings (SSSR count). The number of nitro groups is 1. The summed E-state index contributed by atoms with van der Waals surface area (Å²) in [7, 11) is 0. The molecule has 0 saturated heterocycles. The predicted molar refractivity (Wildman–Crippen MR) is 80.9 cm³/mol. The number of aliphatic hydroxyl groups is 1.